The fourth-order valence-corrected chi connectivity index (χ4v) is 11.9. The highest BCUT2D eigenvalue weighted by atomic mass is 32.3. The lowest BCUT2D eigenvalue weighted by Crippen LogP contribution is -2.05. The first kappa shape index (κ1) is 32.0. The van der Waals surface area contributed by atoms with Crippen molar-refractivity contribution in [3.63, 3.8) is 0 Å². The maximum Gasteiger partial charge on any atom is 0.146 e. The van der Waals surface area contributed by atoms with Crippen molar-refractivity contribution in [1.82, 2.24) is 9.38 Å². The van der Waals surface area contributed by atoms with Crippen LogP contribution in [0.15, 0.2) is 238 Å². The van der Waals surface area contributed by atoms with Crippen molar-refractivity contribution in [2.45, 2.75) is 19.6 Å². The minimum atomic E-state index is -1.76. The molecule has 0 atom stereocenters. The molecule has 256 valence electrons. The second-order valence-corrected chi connectivity index (χ2v) is 16.7. The molecule has 0 N–H and O–H groups in total. The summed E-state index contributed by atoms with van der Waals surface area (Å²) < 4.78 is 2.37. The standard InChI is InChI=1S/C51H36N2S/c1-6-18-38(19-7-1)49-50(39-20-8-2-9-21-39)53-48-35-32-40(36-47(48)45-28-16-17-29-46(45)51(53)52-49)37-30-33-44(34-31-37)54(41-22-10-3-11-23-41,42-24-12-4-13-25-42)43-26-14-5-15-27-43/h1-36H. The molecule has 0 unspecified atom stereocenters. The zero-order chi connectivity index (χ0) is 35.9. The van der Waals surface area contributed by atoms with Crippen LogP contribution < -0.4 is 0 Å². The number of pyridine rings is 1. The van der Waals surface area contributed by atoms with E-state index < -0.39 is 10.0 Å². The molecule has 0 amide bonds. The molecule has 0 spiro atoms. The monoisotopic (exact) mass is 708 g/mol. The Kier molecular flexibility index (Phi) is 7.93. The Morgan fingerprint density at radius 1 is 0.333 bits per heavy atom. The van der Waals surface area contributed by atoms with Gasteiger partial charge in [0.05, 0.1) is 16.9 Å². The number of hydrogen-bond donors (Lipinski definition) is 0. The lowest BCUT2D eigenvalue weighted by atomic mass is 9.99. The summed E-state index contributed by atoms with van der Waals surface area (Å²) in [5.74, 6) is 0. The zero-order valence-corrected chi connectivity index (χ0v) is 30.4. The summed E-state index contributed by atoms with van der Waals surface area (Å²) in [7, 11) is -1.76. The molecule has 0 aliphatic rings. The van der Waals surface area contributed by atoms with Gasteiger partial charge in [-0.3, -0.25) is 4.40 Å². The number of aromatic nitrogens is 2. The highest BCUT2D eigenvalue weighted by molar-refractivity contribution is 8.34. The molecule has 2 aromatic heterocycles. The molecule has 0 saturated heterocycles. The number of rotatable bonds is 7. The molecule has 2 heterocycles. The molecule has 2 nitrogen and oxygen atoms in total. The number of nitrogens with zero attached hydrogens (tertiary/aromatic N) is 2. The lowest BCUT2D eigenvalue weighted by molar-refractivity contribution is 1.24. The van der Waals surface area contributed by atoms with Crippen molar-refractivity contribution in [2.24, 2.45) is 0 Å². The van der Waals surface area contributed by atoms with E-state index >= 15 is 0 Å². The Morgan fingerprint density at radius 2 is 0.778 bits per heavy atom. The fraction of sp³-hybridized carbons (Fsp3) is 0. The van der Waals surface area contributed by atoms with E-state index in [4.69, 9.17) is 4.98 Å². The topological polar surface area (TPSA) is 17.3 Å². The zero-order valence-electron chi connectivity index (χ0n) is 29.6. The summed E-state index contributed by atoms with van der Waals surface area (Å²) in [5, 5.41) is 3.54. The Hall–Kier alpha value is -6.68. The summed E-state index contributed by atoms with van der Waals surface area (Å²) in [4.78, 5) is 10.7. The van der Waals surface area contributed by atoms with Crippen molar-refractivity contribution in [3.8, 4) is 33.6 Å². The SMILES string of the molecule is c1ccc(-c2nc3c4ccccc4c4cc(-c5ccc(S(c6ccccc6)(c6ccccc6)c6ccccc6)cc5)ccc4n3c2-c2ccccc2)cc1. The summed E-state index contributed by atoms with van der Waals surface area (Å²) in [6.07, 6.45) is 0. The highest BCUT2D eigenvalue weighted by Crippen LogP contribution is 2.73. The molecule has 0 saturated carbocycles. The molecule has 8 aromatic carbocycles. The van der Waals surface area contributed by atoms with E-state index in [1.54, 1.807) is 0 Å². The van der Waals surface area contributed by atoms with Crippen LogP contribution in [0.3, 0.4) is 0 Å². The van der Waals surface area contributed by atoms with Gasteiger partial charge in [0.1, 0.15) is 5.65 Å². The van der Waals surface area contributed by atoms with Gasteiger partial charge >= 0.3 is 0 Å². The first-order chi connectivity index (χ1) is 26.8. The molecule has 0 fully saturated rings. The summed E-state index contributed by atoms with van der Waals surface area (Å²) in [6.45, 7) is 0. The third-order valence-corrected chi connectivity index (χ3v) is 14.4. The van der Waals surface area contributed by atoms with E-state index in [1.807, 2.05) is 0 Å². The van der Waals surface area contributed by atoms with Gasteiger partial charge in [0, 0.05) is 41.5 Å². The Morgan fingerprint density at radius 3 is 1.33 bits per heavy atom. The number of benzene rings is 8. The minimum absolute atomic E-state index is 0.968. The van der Waals surface area contributed by atoms with E-state index in [2.05, 4.69) is 223 Å². The Bertz CT molecular complexity index is 2790. The van der Waals surface area contributed by atoms with Gasteiger partial charge in [-0.05, 0) is 77.2 Å². The molecule has 0 bridgehead atoms. The maximum atomic E-state index is 5.39. The van der Waals surface area contributed by atoms with Crippen molar-refractivity contribution in [1.29, 1.82) is 0 Å². The van der Waals surface area contributed by atoms with Gasteiger partial charge < -0.3 is 0 Å². The molecule has 0 aliphatic heterocycles. The van der Waals surface area contributed by atoms with Gasteiger partial charge in [-0.15, -0.1) is 10.0 Å². The predicted octanol–water partition coefficient (Wildman–Crippen LogP) is 14.0. The van der Waals surface area contributed by atoms with Gasteiger partial charge in [-0.25, -0.2) is 4.98 Å². The summed E-state index contributed by atoms with van der Waals surface area (Å²) in [6, 6.07) is 79.3. The average Bonchev–Trinajstić information content (AvgIpc) is 3.67. The van der Waals surface area contributed by atoms with Crippen LogP contribution in [0.25, 0.3) is 61.0 Å². The van der Waals surface area contributed by atoms with E-state index in [-0.39, 0.29) is 0 Å². The number of hydrogen-bond acceptors (Lipinski definition) is 1. The number of imidazole rings is 1. The van der Waals surface area contributed by atoms with Crippen LogP contribution in [0.4, 0.5) is 0 Å². The first-order valence-electron chi connectivity index (χ1n) is 18.4. The van der Waals surface area contributed by atoms with Crippen molar-refractivity contribution in [3.05, 3.63) is 218 Å². The predicted molar refractivity (Wildman–Crippen MR) is 226 cm³/mol. The lowest BCUT2D eigenvalue weighted by Gasteiger charge is -2.42. The molecule has 10 rings (SSSR count). The van der Waals surface area contributed by atoms with Crippen molar-refractivity contribution in [2.75, 3.05) is 0 Å². The maximum absolute atomic E-state index is 5.39. The van der Waals surface area contributed by atoms with Gasteiger partial charge in [-0.1, -0.05) is 158 Å². The largest absolute Gasteiger partial charge is 0.291 e. The Balaban J connectivity index is 1.19. The first-order valence-corrected chi connectivity index (χ1v) is 20.0. The highest BCUT2D eigenvalue weighted by Gasteiger charge is 2.33. The van der Waals surface area contributed by atoms with Crippen molar-refractivity contribution < 1.29 is 0 Å². The molecule has 0 aliphatic carbocycles. The van der Waals surface area contributed by atoms with Gasteiger partial charge in [0.2, 0.25) is 0 Å². The molecule has 0 radical (unpaired) electrons. The third-order valence-electron chi connectivity index (χ3n) is 10.5. The van der Waals surface area contributed by atoms with Crippen LogP contribution in [0.2, 0.25) is 0 Å². The quantitative estimate of drug-likeness (QED) is 0.151. The average molecular weight is 709 g/mol. The molecular formula is C51H36N2S. The normalized spacial score (nSPS) is 12.0. The van der Waals surface area contributed by atoms with Crippen LogP contribution in [-0.2, 0) is 0 Å². The van der Waals surface area contributed by atoms with Gasteiger partial charge in [-0.2, -0.15) is 0 Å². The van der Waals surface area contributed by atoms with E-state index in [1.165, 1.54) is 41.5 Å². The second-order valence-electron chi connectivity index (χ2n) is 13.6. The fourth-order valence-electron chi connectivity index (χ4n) is 8.08. The third kappa shape index (κ3) is 5.16. The molecule has 10 aromatic rings. The molecular weight excluding hydrogens is 673 g/mol. The van der Waals surface area contributed by atoms with Gasteiger partial charge in [0.15, 0.2) is 0 Å². The van der Waals surface area contributed by atoms with E-state index in [9.17, 15) is 0 Å². The molecule has 54 heavy (non-hydrogen) atoms. The van der Waals surface area contributed by atoms with Crippen LogP contribution >= 0.6 is 10.0 Å². The van der Waals surface area contributed by atoms with E-state index in [0.29, 0.717) is 0 Å². The minimum Gasteiger partial charge on any atom is -0.291 e. The second kappa shape index (κ2) is 13.4. The summed E-state index contributed by atoms with van der Waals surface area (Å²) >= 11 is 0. The molecule has 3 heteroatoms. The van der Waals surface area contributed by atoms with Crippen LogP contribution in [-0.4, -0.2) is 9.38 Å². The van der Waals surface area contributed by atoms with Crippen LogP contribution in [0, 0.1) is 0 Å². The smallest absolute Gasteiger partial charge is 0.146 e. The van der Waals surface area contributed by atoms with Crippen LogP contribution in [0.1, 0.15) is 0 Å². The van der Waals surface area contributed by atoms with E-state index in [0.717, 1.165) is 39.1 Å². The Labute approximate surface area is 317 Å². The summed E-state index contributed by atoms with van der Waals surface area (Å²) in [5.41, 5.74) is 8.81. The number of fused-ring (bicyclic) bond motifs is 6. The van der Waals surface area contributed by atoms with Crippen LogP contribution in [0.5, 0.6) is 0 Å². The van der Waals surface area contributed by atoms with Crippen molar-refractivity contribution >= 4 is 37.4 Å². The van der Waals surface area contributed by atoms with Gasteiger partial charge in [0.25, 0.3) is 0 Å².